The van der Waals surface area contributed by atoms with Gasteiger partial charge in [-0.3, -0.25) is 9.48 Å². The molecule has 4 rings (SSSR count). The number of fused-ring (bicyclic) bond motifs is 1. The summed E-state index contributed by atoms with van der Waals surface area (Å²) in [4.78, 5) is 14.2. The normalized spacial score (nSPS) is 13.6. The summed E-state index contributed by atoms with van der Waals surface area (Å²) in [5.41, 5.74) is 1.22. The van der Waals surface area contributed by atoms with E-state index in [1.165, 1.54) is 17.0 Å². The lowest BCUT2D eigenvalue weighted by Gasteiger charge is -2.27. The highest BCUT2D eigenvalue weighted by atomic mass is 19.2. The smallest absolute Gasteiger partial charge is 0.272 e. The quantitative estimate of drug-likeness (QED) is 0.693. The zero-order chi connectivity index (χ0) is 18.8. The van der Waals surface area contributed by atoms with Gasteiger partial charge in [0.2, 0.25) is 0 Å². The Balaban J connectivity index is 1.47. The van der Waals surface area contributed by atoms with Gasteiger partial charge in [0.05, 0.1) is 6.54 Å². The van der Waals surface area contributed by atoms with Gasteiger partial charge >= 0.3 is 0 Å². The van der Waals surface area contributed by atoms with Crippen molar-refractivity contribution in [2.24, 2.45) is 0 Å². The highest BCUT2D eigenvalue weighted by molar-refractivity contribution is 5.93. The van der Waals surface area contributed by atoms with Gasteiger partial charge in [-0.2, -0.15) is 5.10 Å². The Morgan fingerprint density at radius 3 is 2.67 bits per heavy atom. The number of nitrogens with zero attached hydrogens (tertiary/aromatic N) is 3. The monoisotopic (exact) mass is 369 g/mol. The van der Waals surface area contributed by atoms with Crippen molar-refractivity contribution in [2.45, 2.75) is 19.7 Å². The minimum Gasteiger partial charge on any atom is -0.487 e. The van der Waals surface area contributed by atoms with E-state index in [2.05, 4.69) is 5.10 Å². The van der Waals surface area contributed by atoms with Crippen molar-refractivity contribution in [3.05, 3.63) is 83.2 Å². The summed E-state index contributed by atoms with van der Waals surface area (Å²) in [6.07, 6.45) is 0. The first-order chi connectivity index (χ1) is 13.1. The summed E-state index contributed by atoms with van der Waals surface area (Å²) in [5.74, 6) is -1.37. The number of amides is 1. The largest absolute Gasteiger partial charge is 0.487 e. The van der Waals surface area contributed by atoms with E-state index < -0.39 is 11.6 Å². The van der Waals surface area contributed by atoms with E-state index >= 15 is 0 Å². The molecule has 5 nitrogen and oxygen atoms in total. The molecule has 1 aliphatic rings. The van der Waals surface area contributed by atoms with Crippen LogP contribution in [0.5, 0.6) is 5.75 Å². The molecule has 2 heterocycles. The van der Waals surface area contributed by atoms with Gasteiger partial charge in [0.1, 0.15) is 23.7 Å². The molecule has 27 heavy (non-hydrogen) atoms. The molecule has 0 radical (unpaired) electrons. The first-order valence-corrected chi connectivity index (χ1v) is 8.58. The lowest BCUT2D eigenvalue weighted by Crippen LogP contribution is -2.40. The van der Waals surface area contributed by atoms with E-state index in [0.717, 1.165) is 11.8 Å². The molecule has 3 aromatic rings. The van der Waals surface area contributed by atoms with Gasteiger partial charge in [-0.25, -0.2) is 8.78 Å². The minimum absolute atomic E-state index is 0.0173. The maximum absolute atomic E-state index is 13.9. The second kappa shape index (κ2) is 7.19. The van der Waals surface area contributed by atoms with Crippen LogP contribution < -0.4 is 4.74 Å². The third-order valence-corrected chi connectivity index (χ3v) is 4.44. The summed E-state index contributed by atoms with van der Waals surface area (Å²) < 4.78 is 34.6. The molecule has 0 unspecified atom stereocenters. The molecule has 0 saturated carbocycles. The third kappa shape index (κ3) is 3.53. The number of benzene rings is 2. The van der Waals surface area contributed by atoms with E-state index in [9.17, 15) is 13.6 Å². The molecule has 1 aliphatic heterocycles. The third-order valence-electron chi connectivity index (χ3n) is 4.44. The molecular formula is C20H17F2N3O2. The Kier molecular flexibility index (Phi) is 4.58. The zero-order valence-corrected chi connectivity index (χ0v) is 14.4. The fraction of sp³-hybridized carbons (Fsp3) is 0.200. The SMILES string of the molecule is O=C1c2cc(COc3ccccc3)nn2CCN1Cc1cccc(F)c1F. The standard InChI is InChI=1S/C20H17F2N3O2/c21-17-8-4-5-14(19(17)22)12-24-9-10-25-18(20(24)26)11-15(23-25)13-27-16-6-2-1-3-7-16/h1-8,11H,9-10,12-13H2. The molecular weight excluding hydrogens is 352 g/mol. The van der Waals surface area contributed by atoms with E-state index in [4.69, 9.17) is 4.74 Å². The van der Waals surface area contributed by atoms with Gasteiger partial charge in [-0.15, -0.1) is 0 Å². The Labute approximate surface area is 154 Å². The number of hydrogen-bond acceptors (Lipinski definition) is 3. The molecule has 0 atom stereocenters. The Bertz CT molecular complexity index is 973. The Morgan fingerprint density at radius 2 is 1.85 bits per heavy atom. The second-order valence-corrected chi connectivity index (χ2v) is 6.29. The van der Waals surface area contributed by atoms with Crippen LogP contribution in [0.15, 0.2) is 54.6 Å². The predicted molar refractivity (Wildman–Crippen MR) is 94.1 cm³/mol. The van der Waals surface area contributed by atoms with Gasteiger partial charge < -0.3 is 9.64 Å². The first-order valence-electron chi connectivity index (χ1n) is 8.58. The molecule has 0 N–H and O–H groups in total. The molecule has 7 heteroatoms. The van der Waals surface area contributed by atoms with Crippen LogP contribution in [0.2, 0.25) is 0 Å². The molecule has 2 aromatic carbocycles. The predicted octanol–water partition coefficient (Wildman–Crippen LogP) is 3.40. The maximum atomic E-state index is 13.9. The molecule has 138 valence electrons. The number of hydrogen-bond donors (Lipinski definition) is 0. The topological polar surface area (TPSA) is 47.4 Å². The number of carbonyl (C=O) groups is 1. The number of halogens is 2. The number of carbonyl (C=O) groups excluding carboxylic acids is 1. The molecule has 0 bridgehead atoms. The summed E-state index contributed by atoms with van der Waals surface area (Å²) >= 11 is 0. The van der Waals surface area contributed by atoms with Crippen molar-refractivity contribution in [1.82, 2.24) is 14.7 Å². The highest BCUT2D eigenvalue weighted by Gasteiger charge is 2.27. The Hall–Kier alpha value is -3.22. The average molecular weight is 369 g/mol. The van der Waals surface area contributed by atoms with E-state index in [-0.39, 0.29) is 24.6 Å². The fourth-order valence-corrected chi connectivity index (χ4v) is 3.06. The van der Waals surface area contributed by atoms with Crippen molar-refractivity contribution in [3.63, 3.8) is 0 Å². The van der Waals surface area contributed by atoms with Crippen molar-refractivity contribution in [3.8, 4) is 5.75 Å². The number of aromatic nitrogens is 2. The van der Waals surface area contributed by atoms with Crippen LogP contribution in [0.1, 0.15) is 21.7 Å². The van der Waals surface area contributed by atoms with Gasteiger partial charge in [-0.1, -0.05) is 30.3 Å². The second-order valence-electron chi connectivity index (χ2n) is 6.29. The lowest BCUT2D eigenvalue weighted by atomic mass is 10.1. The molecule has 1 amide bonds. The van der Waals surface area contributed by atoms with E-state index in [0.29, 0.717) is 24.5 Å². The highest BCUT2D eigenvalue weighted by Crippen LogP contribution is 2.20. The zero-order valence-electron chi connectivity index (χ0n) is 14.4. The number of rotatable bonds is 5. The average Bonchev–Trinajstić information content (AvgIpc) is 3.11. The number of para-hydroxylation sites is 1. The van der Waals surface area contributed by atoms with Crippen LogP contribution >= 0.6 is 0 Å². The first kappa shape index (κ1) is 17.2. The van der Waals surface area contributed by atoms with Crippen LogP contribution in [-0.4, -0.2) is 27.1 Å². The van der Waals surface area contributed by atoms with Crippen LogP contribution in [-0.2, 0) is 19.7 Å². The van der Waals surface area contributed by atoms with Crippen molar-refractivity contribution in [2.75, 3.05) is 6.54 Å². The molecule has 0 aliphatic carbocycles. The van der Waals surface area contributed by atoms with Crippen LogP contribution in [0.25, 0.3) is 0 Å². The van der Waals surface area contributed by atoms with Crippen LogP contribution in [0.3, 0.4) is 0 Å². The minimum atomic E-state index is -0.915. The van der Waals surface area contributed by atoms with Gasteiger partial charge in [-0.05, 0) is 24.3 Å². The maximum Gasteiger partial charge on any atom is 0.272 e. The molecule has 0 saturated heterocycles. The van der Waals surface area contributed by atoms with E-state index in [1.54, 1.807) is 10.7 Å². The fourth-order valence-electron chi connectivity index (χ4n) is 3.06. The van der Waals surface area contributed by atoms with Crippen molar-refractivity contribution >= 4 is 5.91 Å². The summed E-state index contributed by atoms with van der Waals surface area (Å²) in [6, 6.07) is 15.0. The van der Waals surface area contributed by atoms with Crippen molar-refractivity contribution < 1.29 is 18.3 Å². The van der Waals surface area contributed by atoms with Gasteiger partial charge in [0.25, 0.3) is 5.91 Å². The van der Waals surface area contributed by atoms with Crippen molar-refractivity contribution in [1.29, 1.82) is 0 Å². The summed E-state index contributed by atoms with van der Waals surface area (Å²) in [6.45, 7) is 1.13. The van der Waals surface area contributed by atoms with Gasteiger partial charge in [0.15, 0.2) is 11.6 Å². The molecule has 1 aromatic heterocycles. The molecule has 0 spiro atoms. The summed E-state index contributed by atoms with van der Waals surface area (Å²) in [5, 5.41) is 4.40. The van der Waals surface area contributed by atoms with Crippen LogP contribution in [0.4, 0.5) is 8.78 Å². The lowest BCUT2D eigenvalue weighted by molar-refractivity contribution is 0.0681. The summed E-state index contributed by atoms with van der Waals surface area (Å²) in [7, 11) is 0. The number of ether oxygens (including phenoxy) is 1. The van der Waals surface area contributed by atoms with Gasteiger partial charge in [0, 0.05) is 18.7 Å². The van der Waals surface area contributed by atoms with Crippen LogP contribution in [0, 0.1) is 11.6 Å². The molecule has 0 fully saturated rings. The Morgan fingerprint density at radius 1 is 1.04 bits per heavy atom. The van der Waals surface area contributed by atoms with E-state index in [1.807, 2.05) is 30.3 Å².